The third-order valence-electron chi connectivity index (χ3n) is 10.0. The normalized spacial score (nSPS) is 11.5. The van der Waals surface area contributed by atoms with E-state index in [0.717, 1.165) is 60.7 Å². The molecule has 83 heavy (non-hydrogen) atoms. The van der Waals surface area contributed by atoms with Crippen molar-refractivity contribution in [1.82, 2.24) is 0 Å². The number of aliphatic hydroxyl groups excluding tert-OH is 3. The molecule has 6 rings (SSSR count). The van der Waals surface area contributed by atoms with Gasteiger partial charge in [-0.1, -0.05) is 30.3 Å². The third-order valence-corrected chi connectivity index (χ3v) is 10.0. The predicted molar refractivity (Wildman–Crippen MR) is 253 cm³/mol. The Morgan fingerprint density at radius 3 is 1.10 bits per heavy atom. The van der Waals surface area contributed by atoms with E-state index in [1.807, 2.05) is 0 Å². The number of benzene rings is 6. The highest BCUT2D eigenvalue weighted by molar-refractivity contribution is 5.88. The van der Waals surface area contributed by atoms with Crippen molar-refractivity contribution in [1.29, 1.82) is 0 Å². The Morgan fingerprint density at radius 1 is 0.446 bits per heavy atom. The average molecular weight is 1220 g/mol. The first-order valence-corrected chi connectivity index (χ1v) is 21.8. The Balaban J connectivity index is 0.000000499. The highest BCUT2D eigenvalue weighted by Crippen LogP contribution is 2.39. The molecule has 0 saturated heterocycles. The predicted octanol–water partition coefficient (Wildman–Crippen LogP) is 13.9. The van der Waals surface area contributed by atoms with E-state index in [0.29, 0.717) is 47.7 Å². The molecule has 6 aromatic carbocycles. The molecule has 0 fully saturated rings. The van der Waals surface area contributed by atoms with Crippen molar-refractivity contribution in [3.63, 3.8) is 0 Å². The molecule has 6 aromatic rings. The van der Waals surface area contributed by atoms with Crippen LogP contribution in [0.15, 0.2) is 115 Å². The fourth-order valence-corrected chi connectivity index (χ4v) is 6.11. The van der Waals surface area contributed by atoms with Crippen LogP contribution in [-0.4, -0.2) is 53.6 Å². The highest BCUT2D eigenvalue weighted by atomic mass is 19.4. The zero-order valence-electron chi connectivity index (χ0n) is 41.5. The molecule has 33 heteroatoms. The van der Waals surface area contributed by atoms with Gasteiger partial charge >= 0.3 is 49.0 Å². The number of nitrogens with two attached hydrogens (primary N) is 1. The number of anilines is 1. The maximum Gasteiger partial charge on any atom is 0.422 e. The largest absolute Gasteiger partial charge is 0.478 e. The van der Waals surface area contributed by atoms with Crippen molar-refractivity contribution in [2.24, 2.45) is 0 Å². The van der Waals surface area contributed by atoms with Gasteiger partial charge in [-0.25, -0.2) is 9.59 Å². The molecular weight excluding hydrogens is 1180 g/mol. The highest BCUT2D eigenvalue weighted by Gasteiger charge is 2.40. The molecule has 0 aromatic heterocycles. The molecule has 0 unspecified atom stereocenters. The number of nitrogen functional groups attached to an aromatic ring is 1. The summed E-state index contributed by atoms with van der Waals surface area (Å²) < 4.78 is 219. The number of alkyl halides is 18. The van der Waals surface area contributed by atoms with Gasteiger partial charge in [0.25, 0.3) is 11.4 Å². The van der Waals surface area contributed by atoms with Gasteiger partial charge in [0.05, 0.1) is 63.0 Å². The summed E-state index contributed by atoms with van der Waals surface area (Å²) in [4.78, 5) is 49.3. The summed E-state index contributed by atoms with van der Waals surface area (Å²) in [6.07, 6.45) is -26.6. The van der Waals surface area contributed by atoms with Crippen molar-refractivity contribution >= 4 is 35.3 Å². The average Bonchev–Trinajstić information content (AvgIpc) is 3.38. The Bertz CT molecular complexity index is 3130. The molecule has 452 valence electrons. The molecule has 0 bridgehead atoms. The smallest absolute Gasteiger partial charge is 0.422 e. The lowest BCUT2D eigenvalue weighted by Gasteiger charge is -2.10. The van der Waals surface area contributed by atoms with Gasteiger partial charge < -0.3 is 31.3 Å². The van der Waals surface area contributed by atoms with Gasteiger partial charge in [0.2, 0.25) is 0 Å². The van der Waals surface area contributed by atoms with Gasteiger partial charge in [0.1, 0.15) is 17.4 Å². The summed E-state index contributed by atoms with van der Waals surface area (Å²) in [6, 6.07) is 17.1. The minimum atomic E-state index is -4.89. The van der Waals surface area contributed by atoms with Crippen LogP contribution in [0.5, 0.6) is 0 Å². The second-order valence-electron chi connectivity index (χ2n) is 16.0. The molecular formula is C50H39F18N3O12. The number of carbonyl (C=O) groups is 3. The fraction of sp³-hybridized carbons (Fsp3) is 0.220. The number of aromatic carboxylic acids is 2. The second-order valence-corrected chi connectivity index (χ2v) is 16.0. The van der Waals surface area contributed by atoms with E-state index >= 15 is 0 Å². The lowest BCUT2D eigenvalue weighted by Crippen LogP contribution is -2.10. The summed E-state index contributed by atoms with van der Waals surface area (Å²) in [6.45, 7) is 1.61. The Morgan fingerprint density at radius 2 is 0.771 bits per heavy atom. The molecule has 0 spiro atoms. The van der Waals surface area contributed by atoms with Gasteiger partial charge in [-0.3, -0.25) is 25.0 Å². The Hall–Kier alpha value is -8.85. The number of nitrogens with zero attached hydrogens (tertiary/aromatic N) is 2. The number of carboxylic acids is 2. The van der Waals surface area contributed by atoms with Gasteiger partial charge in [-0.2, -0.15) is 79.0 Å². The minimum absolute atomic E-state index is 0.0645. The van der Waals surface area contributed by atoms with Gasteiger partial charge in [0.15, 0.2) is 0 Å². The first-order chi connectivity index (χ1) is 37.8. The summed E-state index contributed by atoms with van der Waals surface area (Å²) >= 11 is 0. The topological polar surface area (TPSA) is 265 Å². The van der Waals surface area contributed by atoms with E-state index in [9.17, 15) is 114 Å². The maximum atomic E-state index is 12.3. The van der Waals surface area contributed by atoms with E-state index < -0.39 is 116 Å². The number of aliphatic hydroxyl groups is 3. The van der Waals surface area contributed by atoms with Crippen molar-refractivity contribution in [3.8, 4) is 0 Å². The quantitative estimate of drug-likeness (QED) is 0.0273. The van der Waals surface area contributed by atoms with Crippen LogP contribution in [0.4, 0.5) is 96.1 Å². The lowest BCUT2D eigenvalue weighted by atomic mass is 10.1. The second kappa shape index (κ2) is 29.7. The molecule has 0 aliphatic carbocycles. The van der Waals surface area contributed by atoms with Crippen LogP contribution in [0, 0.1) is 34.1 Å². The number of aldehydes is 1. The monoisotopic (exact) mass is 1220 g/mol. The van der Waals surface area contributed by atoms with E-state index in [4.69, 9.17) is 31.3 Å². The van der Waals surface area contributed by atoms with Crippen LogP contribution >= 0.6 is 0 Å². The molecule has 0 atom stereocenters. The Labute approximate surface area is 453 Å². The van der Waals surface area contributed by atoms with Crippen LogP contribution < -0.4 is 5.73 Å². The number of nitro groups is 2. The van der Waals surface area contributed by atoms with Crippen LogP contribution in [-0.2, 0) is 56.9 Å². The van der Waals surface area contributed by atoms with Gasteiger partial charge in [-0.15, -0.1) is 0 Å². The van der Waals surface area contributed by atoms with Crippen LogP contribution in [0.2, 0.25) is 0 Å². The van der Waals surface area contributed by atoms with Crippen molar-refractivity contribution < 1.29 is 129 Å². The number of hydrogen-bond donors (Lipinski definition) is 6. The van der Waals surface area contributed by atoms with E-state index in [1.165, 1.54) is 38.1 Å². The first kappa shape index (κ1) is 72.2. The number of hydrogen-bond acceptors (Lipinski definition) is 11. The van der Waals surface area contributed by atoms with Crippen LogP contribution in [0.25, 0.3) is 0 Å². The summed E-state index contributed by atoms with van der Waals surface area (Å²) in [5.74, 6) is -2.77. The summed E-state index contributed by atoms with van der Waals surface area (Å²) in [5, 5.41) is 63.5. The molecule has 0 heterocycles. The fourth-order valence-electron chi connectivity index (χ4n) is 6.11. The van der Waals surface area contributed by atoms with E-state index in [-0.39, 0.29) is 46.7 Å². The number of aryl methyl sites for hydroxylation is 2. The number of rotatable bonds is 8. The van der Waals surface area contributed by atoms with Crippen LogP contribution in [0.3, 0.4) is 0 Å². The first-order valence-electron chi connectivity index (χ1n) is 21.8. The molecule has 0 saturated carbocycles. The number of carboxylic acid groups (broad SMARTS) is 2. The summed E-state index contributed by atoms with van der Waals surface area (Å²) in [7, 11) is 0. The minimum Gasteiger partial charge on any atom is -0.478 e. The molecule has 0 radical (unpaired) electrons. The Kier molecular flexibility index (Phi) is 25.9. The van der Waals surface area contributed by atoms with Crippen molar-refractivity contribution in [2.75, 3.05) is 5.73 Å². The van der Waals surface area contributed by atoms with Gasteiger partial charge in [0, 0.05) is 23.4 Å². The molecule has 0 aliphatic rings. The lowest BCUT2D eigenvalue weighted by molar-refractivity contribution is -0.388. The van der Waals surface area contributed by atoms with E-state index in [1.54, 1.807) is 0 Å². The zero-order chi connectivity index (χ0) is 64.4. The van der Waals surface area contributed by atoms with Crippen molar-refractivity contribution in [3.05, 3.63) is 213 Å². The van der Waals surface area contributed by atoms with Crippen LogP contribution in [0.1, 0.15) is 92.3 Å². The third kappa shape index (κ3) is 23.3. The number of nitro benzene ring substituents is 2. The standard InChI is InChI=1S/C9H9F3O.C9H7F3O.C8H4F3NO4.C8H6F3NO3.C8H8F3NO.C8H5F3O2/c2*1-6-4-7(5-13)2-3-8(6)9(10,11)12;9-8(10,11)5-2-1-4(7(13)14)3-6(5)12(15)16;9-8(10,11)6-2-1-5(4-13)3-7(6)12(14)15;9-8(10,11)6-2-1-5(4-13)3-7(6)12;9-8(10,11)6-3-1-5(2-4-6)7(12)13/h2-4,13H,5H2,1H3;2-5H,1H3;1-3H,(H,13,14);1-3,13H,4H2;1-3,13H,4,12H2;1-4H,(H,12,13). The molecule has 15 nitrogen and oxygen atoms in total. The van der Waals surface area contributed by atoms with Gasteiger partial charge in [-0.05, 0) is 114 Å². The number of halogens is 18. The van der Waals surface area contributed by atoms with E-state index in [2.05, 4.69) is 0 Å². The zero-order valence-corrected chi connectivity index (χ0v) is 41.5. The van der Waals surface area contributed by atoms with Crippen molar-refractivity contribution in [2.45, 2.75) is 70.7 Å². The molecule has 0 amide bonds. The molecule has 7 N–H and O–H groups in total. The molecule has 0 aliphatic heterocycles. The SMILES string of the molecule is Cc1cc(C=O)ccc1C(F)(F)F.Cc1cc(CO)ccc1C(F)(F)F.Nc1cc(CO)ccc1C(F)(F)F.O=C(O)c1ccc(C(F)(F)F)c([N+](=O)[O-])c1.O=C(O)c1ccc(C(F)(F)F)cc1.O=[N+]([O-])c1cc(CO)ccc1C(F)(F)F. The number of carbonyl (C=O) groups excluding carboxylic acids is 1. The maximum absolute atomic E-state index is 12.3. The summed E-state index contributed by atoms with van der Waals surface area (Å²) in [5.41, 5.74) is -2.73.